The van der Waals surface area contributed by atoms with Crippen molar-refractivity contribution in [3.05, 3.63) is 0 Å². The first-order valence-corrected chi connectivity index (χ1v) is 4.03. The van der Waals surface area contributed by atoms with Gasteiger partial charge in [-0.25, -0.2) is 4.79 Å². The number of ketones is 1. The summed E-state index contributed by atoms with van der Waals surface area (Å²) in [7, 11) is 0. The molecule has 3 atom stereocenters. The number of Topliss-reactive ketones (excluding diaryl/α,β-unsaturated/α-hetero) is 1. The topological polar surface area (TPSA) is 94.8 Å². The average molecular weight is 188 g/mol. The Morgan fingerprint density at radius 3 is 2.54 bits per heavy atom. The Morgan fingerprint density at radius 2 is 2.15 bits per heavy atom. The number of hydrogen-bond acceptors (Lipinski definition) is 4. The molecule has 0 aromatic carbocycles. The molecule has 13 heavy (non-hydrogen) atoms. The summed E-state index contributed by atoms with van der Waals surface area (Å²) in [6.07, 6.45) is -1.77. The fourth-order valence-corrected chi connectivity index (χ4v) is 1.42. The van der Waals surface area contributed by atoms with Crippen LogP contribution in [0.3, 0.4) is 0 Å². The molecule has 0 bridgehead atoms. The molecule has 0 radical (unpaired) electrons. The predicted octanol–water partition coefficient (Wildman–Crippen LogP) is -0.838. The van der Waals surface area contributed by atoms with Crippen LogP contribution in [0.25, 0.3) is 0 Å². The SMILES string of the molecule is CC1C(=O)CC(O)(C(=O)O)CC1O. The van der Waals surface area contributed by atoms with Crippen LogP contribution in [0.15, 0.2) is 0 Å². The van der Waals surface area contributed by atoms with Crippen molar-refractivity contribution in [1.29, 1.82) is 0 Å². The first kappa shape index (κ1) is 10.1. The van der Waals surface area contributed by atoms with E-state index in [1.807, 2.05) is 0 Å². The summed E-state index contributed by atoms with van der Waals surface area (Å²) >= 11 is 0. The molecule has 0 aromatic rings. The zero-order chi connectivity index (χ0) is 10.2. The number of aliphatic hydroxyl groups is 2. The van der Waals surface area contributed by atoms with Gasteiger partial charge in [-0.05, 0) is 0 Å². The fourth-order valence-electron chi connectivity index (χ4n) is 1.42. The van der Waals surface area contributed by atoms with Gasteiger partial charge in [0.15, 0.2) is 5.60 Å². The van der Waals surface area contributed by atoms with Gasteiger partial charge >= 0.3 is 5.97 Å². The van der Waals surface area contributed by atoms with Gasteiger partial charge in [0.1, 0.15) is 5.78 Å². The van der Waals surface area contributed by atoms with Gasteiger partial charge in [0.2, 0.25) is 0 Å². The summed E-state index contributed by atoms with van der Waals surface area (Å²) in [5.41, 5.74) is -2.08. The third kappa shape index (κ3) is 1.71. The number of carboxylic acids is 1. The Kier molecular flexibility index (Phi) is 2.40. The maximum atomic E-state index is 11.1. The van der Waals surface area contributed by atoms with Crippen molar-refractivity contribution >= 4 is 11.8 Å². The van der Waals surface area contributed by atoms with Crippen molar-refractivity contribution in [2.45, 2.75) is 31.5 Å². The van der Waals surface area contributed by atoms with Crippen molar-refractivity contribution in [2.75, 3.05) is 0 Å². The van der Waals surface area contributed by atoms with Crippen molar-refractivity contribution in [3.8, 4) is 0 Å². The van der Waals surface area contributed by atoms with E-state index in [0.29, 0.717) is 0 Å². The van der Waals surface area contributed by atoms with Crippen molar-refractivity contribution in [1.82, 2.24) is 0 Å². The van der Waals surface area contributed by atoms with E-state index in [0.717, 1.165) is 0 Å². The number of aliphatic carboxylic acids is 1. The van der Waals surface area contributed by atoms with Gasteiger partial charge in [0, 0.05) is 18.8 Å². The second kappa shape index (κ2) is 3.08. The van der Waals surface area contributed by atoms with Gasteiger partial charge in [-0.15, -0.1) is 0 Å². The van der Waals surface area contributed by atoms with Crippen LogP contribution in [0.2, 0.25) is 0 Å². The van der Waals surface area contributed by atoms with Crippen LogP contribution in [0, 0.1) is 5.92 Å². The standard InChI is InChI=1S/C8H12O5/c1-4-5(9)2-8(13,7(11)12)3-6(4)10/h4-5,9,13H,2-3H2,1H3,(H,11,12). The van der Waals surface area contributed by atoms with E-state index >= 15 is 0 Å². The predicted molar refractivity (Wildman–Crippen MR) is 42.0 cm³/mol. The van der Waals surface area contributed by atoms with Crippen molar-refractivity contribution in [2.24, 2.45) is 5.92 Å². The molecule has 1 rings (SSSR count). The number of rotatable bonds is 1. The lowest BCUT2D eigenvalue weighted by Gasteiger charge is -2.33. The van der Waals surface area contributed by atoms with Gasteiger partial charge in [0.05, 0.1) is 6.10 Å². The molecule has 5 heteroatoms. The van der Waals surface area contributed by atoms with Gasteiger partial charge in [-0.2, -0.15) is 0 Å². The highest BCUT2D eigenvalue weighted by molar-refractivity contribution is 5.90. The lowest BCUT2D eigenvalue weighted by molar-refractivity contribution is -0.172. The number of carbonyl (C=O) groups is 2. The largest absolute Gasteiger partial charge is 0.479 e. The summed E-state index contributed by atoms with van der Waals surface area (Å²) in [5, 5.41) is 27.3. The lowest BCUT2D eigenvalue weighted by Crippen LogP contribution is -2.51. The second-order valence-electron chi connectivity index (χ2n) is 3.54. The normalized spacial score (nSPS) is 40.4. The molecule has 3 N–H and O–H groups in total. The van der Waals surface area contributed by atoms with E-state index in [4.69, 9.17) is 5.11 Å². The molecule has 0 saturated heterocycles. The van der Waals surface area contributed by atoms with Crippen LogP contribution in [-0.2, 0) is 9.59 Å². The summed E-state index contributed by atoms with van der Waals surface area (Å²) in [5.74, 6) is -2.45. The Hall–Kier alpha value is -0.940. The minimum absolute atomic E-state index is 0.282. The number of hydrogen-bond donors (Lipinski definition) is 3. The molecule has 1 saturated carbocycles. The van der Waals surface area contributed by atoms with Crippen LogP contribution in [-0.4, -0.2) is 38.8 Å². The van der Waals surface area contributed by atoms with Crippen LogP contribution in [0.5, 0.6) is 0 Å². The molecular formula is C8H12O5. The molecule has 0 amide bonds. The molecule has 1 fully saturated rings. The van der Waals surface area contributed by atoms with Gasteiger partial charge in [0.25, 0.3) is 0 Å². The van der Waals surface area contributed by atoms with E-state index < -0.39 is 35.8 Å². The summed E-state index contributed by atoms with van der Waals surface area (Å²) in [6.45, 7) is 1.52. The number of aliphatic hydroxyl groups excluding tert-OH is 1. The Labute approximate surface area is 75.0 Å². The molecule has 0 spiro atoms. The molecule has 0 aromatic heterocycles. The highest BCUT2D eigenvalue weighted by Crippen LogP contribution is 2.29. The molecule has 0 heterocycles. The van der Waals surface area contributed by atoms with E-state index in [2.05, 4.69) is 0 Å². The van der Waals surface area contributed by atoms with E-state index in [1.165, 1.54) is 6.92 Å². The lowest BCUT2D eigenvalue weighted by atomic mass is 9.77. The Balaban J connectivity index is 2.85. The molecule has 3 unspecified atom stereocenters. The third-order valence-electron chi connectivity index (χ3n) is 2.50. The summed E-state index contributed by atoms with van der Waals surface area (Å²) < 4.78 is 0. The van der Waals surface area contributed by atoms with E-state index in [9.17, 15) is 19.8 Å². The highest BCUT2D eigenvalue weighted by atomic mass is 16.4. The van der Waals surface area contributed by atoms with Crippen LogP contribution in [0.1, 0.15) is 19.8 Å². The monoisotopic (exact) mass is 188 g/mol. The van der Waals surface area contributed by atoms with Crippen molar-refractivity contribution in [3.63, 3.8) is 0 Å². The smallest absolute Gasteiger partial charge is 0.336 e. The average Bonchev–Trinajstić information content (AvgIpc) is 2.00. The minimum atomic E-state index is -2.08. The molecular weight excluding hydrogens is 176 g/mol. The molecule has 5 nitrogen and oxygen atoms in total. The molecule has 1 aliphatic carbocycles. The highest BCUT2D eigenvalue weighted by Gasteiger charge is 2.47. The Morgan fingerprint density at radius 1 is 1.62 bits per heavy atom. The van der Waals surface area contributed by atoms with Crippen molar-refractivity contribution < 1.29 is 24.9 Å². The van der Waals surface area contributed by atoms with Gasteiger partial charge in [-0.3, -0.25) is 4.79 Å². The van der Waals surface area contributed by atoms with E-state index in [1.54, 1.807) is 0 Å². The van der Waals surface area contributed by atoms with E-state index in [-0.39, 0.29) is 6.42 Å². The van der Waals surface area contributed by atoms with Crippen LogP contribution >= 0.6 is 0 Å². The fraction of sp³-hybridized carbons (Fsp3) is 0.750. The molecule has 0 aliphatic heterocycles. The third-order valence-corrected chi connectivity index (χ3v) is 2.50. The molecule has 1 aliphatic rings. The minimum Gasteiger partial charge on any atom is -0.479 e. The first-order valence-electron chi connectivity index (χ1n) is 4.03. The first-order chi connectivity index (χ1) is 5.87. The summed E-state index contributed by atoms with van der Waals surface area (Å²) in [4.78, 5) is 21.7. The second-order valence-corrected chi connectivity index (χ2v) is 3.54. The summed E-state index contributed by atoms with van der Waals surface area (Å²) in [6, 6.07) is 0. The zero-order valence-electron chi connectivity index (χ0n) is 7.23. The quantitative estimate of drug-likeness (QED) is 0.499. The van der Waals surface area contributed by atoms with Gasteiger partial charge in [-0.1, -0.05) is 6.92 Å². The number of carboxylic acid groups (broad SMARTS) is 1. The number of carbonyl (C=O) groups excluding carboxylic acids is 1. The molecule has 74 valence electrons. The maximum Gasteiger partial charge on any atom is 0.336 e. The maximum absolute atomic E-state index is 11.1. The van der Waals surface area contributed by atoms with Gasteiger partial charge < -0.3 is 15.3 Å². The zero-order valence-corrected chi connectivity index (χ0v) is 7.23. The Bertz CT molecular complexity index is 249. The van der Waals surface area contributed by atoms with Crippen LogP contribution < -0.4 is 0 Å². The van der Waals surface area contributed by atoms with Crippen LogP contribution in [0.4, 0.5) is 0 Å².